The molecule has 0 bridgehead atoms. The summed E-state index contributed by atoms with van der Waals surface area (Å²) in [6.07, 6.45) is -1.51. The molecule has 2 unspecified atom stereocenters. The van der Waals surface area contributed by atoms with Crippen LogP contribution in [0.25, 0.3) is 0 Å². The minimum Gasteiger partial charge on any atom is -0.399 e. The number of aliphatic hydroxyl groups excluding tert-OH is 1. The second-order valence-corrected chi connectivity index (χ2v) is 7.70. The lowest BCUT2D eigenvalue weighted by atomic mass is 9.87. The van der Waals surface area contributed by atoms with Gasteiger partial charge in [-0.05, 0) is 6.92 Å². The summed E-state index contributed by atoms with van der Waals surface area (Å²) in [7, 11) is -1.81. The molecule has 0 aromatic rings. The Balaban J connectivity index is 4.31. The van der Waals surface area contributed by atoms with Gasteiger partial charge in [-0.1, -0.05) is 19.0 Å². The van der Waals surface area contributed by atoms with E-state index in [1.165, 1.54) is 21.0 Å². The Bertz CT molecular complexity index is 552. The van der Waals surface area contributed by atoms with E-state index in [-0.39, 0.29) is 32.0 Å². The molecule has 2 atom stereocenters. The van der Waals surface area contributed by atoms with Gasteiger partial charge in [0, 0.05) is 25.5 Å². The minimum absolute atomic E-state index is 0.00513. The van der Waals surface area contributed by atoms with Crippen LogP contribution in [0.3, 0.4) is 0 Å². The van der Waals surface area contributed by atoms with Gasteiger partial charge in [0.2, 0.25) is 11.8 Å². The SMILES string of the molecule is CO/N=C(\C)CNC(=O)CCNC(=O)C(O)C(C)(C)COP(=O)(O)OC. The summed E-state index contributed by atoms with van der Waals surface area (Å²) in [5.41, 5.74) is -0.573. The second kappa shape index (κ2) is 11.2. The molecule has 0 aliphatic rings. The van der Waals surface area contributed by atoms with Crippen molar-refractivity contribution < 1.29 is 38.0 Å². The molecule has 0 aromatic carbocycles. The summed E-state index contributed by atoms with van der Waals surface area (Å²) in [5, 5.41) is 18.7. The molecule has 0 saturated carbocycles. The van der Waals surface area contributed by atoms with Crippen molar-refractivity contribution in [1.82, 2.24) is 10.6 Å². The first-order valence-electron chi connectivity index (χ1n) is 7.77. The first-order valence-corrected chi connectivity index (χ1v) is 9.27. The largest absolute Gasteiger partial charge is 0.471 e. The first-order chi connectivity index (χ1) is 11.9. The van der Waals surface area contributed by atoms with Crippen molar-refractivity contribution in [1.29, 1.82) is 0 Å². The molecule has 0 aliphatic carbocycles. The average Bonchev–Trinajstić information content (AvgIpc) is 2.58. The predicted molar refractivity (Wildman–Crippen MR) is 93.3 cm³/mol. The van der Waals surface area contributed by atoms with E-state index in [1.54, 1.807) is 6.92 Å². The molecule has 11 nitrogen and oxygen atoms in total. The van der Waals surface area contributed by atoms with Crippen molar-refractivity contribution in [3.05, 3.63) is 0 Å². The Hall–Kier alpha value is -1.52. The topological polar surface area (TPSA) is 156 Å². The zero-order valence-electron chi connectivity index (χ0n) is 15.6. The van der Waals surface area contributed by atoms with Gasteiger partial charge in [0.1, 0.15) is 13.2 Å². The number of carbonyl (C=O) groups is 2. The molecule has 0 aliphatic heterocycles. The number of nitrogens with zero attached hydrogens (tertiary/aromatic N) is 1. The highest BCUT2D eigenvalue weighted by Crippen LogP contribution is 2.43. The predicted octanol–water partition coefficient (Wildman–Crippen LogP) is -0.218. The van der Waals surface area contributed by atoms with E-state index in [9.17, 15) is 24.2 Å². The van der Waals surface area contributed by atoms with E-state index in [1.807, 2.05) is 0 Å². The molecule has 152 valence electrons. The lowest BCUT2D eigenvalue weighted by molar-refractivity contribution is -0.137. The third kappa shape index (κ3) is 9.83. The van der Waals surface area contributed by atoms with Crippen molar-refractivity contribution in [2.45, 2.75) is 33.3 Å². The molecule has 0 fully saturated rings. The summed E-state index contributed by atoms with van der Waals surface area (Å²) in [5.74, 6) is -1.04. The Morgan fingerprint density at radius 1 is 1.27 bits per heavy atom. The normalized spacial score (nSPS) is 15.7. The summed E-state index contributed by atoms with van der Waals surface area (Å²) >= 11 is 0. The number of amides is 2. The molecule has 4 N–H and O–H groups in total. The van der Waals surface area contributed by atoms with Crippen molar-refractivity contribution in [3.8, 4) is 0 Å². The van der Waals surface area contributed by atoms with Crippen molar-refractivity contribution >= 4 is 25.3 Å². The van der Waals surface area contributed by atoms with Crippen LogP contribution in [0.2, 0.25) is 0 Å². The van der Waals surface area contributed by atoms with E-state index in [0.29, 0.717) is 5.71 Å². The highest BCUT2D eigenvalue weighted by atomic mass is 31.2. The van der Waals surface area contributed by atoms with Crippen LogP contribution in [0, 0.1) is 5.41 Å². The van der Waals surface area contributed by atoms with Crippen molar-refractivity contribution in [3.63, 3.8) is 0 Å². The Morgan fingerprint density at radius 2 is 1.88 bits per heavy atom. The maximum Gasteiger partial charge on any atom is 0.471 e. The lowest BCUT2D eigenvalue weighted by Crippen LogP contribution is -2.46. The van der Waals surface area contributed by atoms with Crippen LogP contribution in [0.5, 0.6) is 0 Å². The van der Waals surface area contributed by atoms with E-state index in [2.05, 4.69) is 25.2 Å². The molecule has 2 amide bonds. The second-order valence-electron chi connectivity index (χ2n) is 6.14. The molecular weight excluding hydrogens is 369 g/mol. The highest BCUT2D eigenvalue weighted by molar-refractivity contribution is 7.47. The fourth-order valence-corrected chi connectivity index (χ4v) is 2.23. The molecule has 0 aromatic heterocycles. The van der Waals surface area contributed by atoms with Gasteiger partial charge in [-0.25, -0.2) is 4.57 Å². The molecule has 12 heteroatoms. The van der Waals surface area contributed by atoms with Gasteiger partial charge in [-0.2, -0.15) is 0 Å². The Labute approximate surface area is 152 Å². The number of aliphatic hydroxyl groups is 1. The Kier molecular flexibility index (Phi) is 10.6. The van der Waals surface area contributed by atoms with Gasteiger partial charge in [0.15, 0.2) is 0 Å². The monoisotopic (exact) mass is 397 g/mol. The van der Waals surface area contributed by atoms with Crippen LogP contribution in [0.4, 0.5) is 0 Å². The van der Waals surface area contributed by atoms with Crippen LogP contribution < -0.4 is 10.6 Å². The summed E-state index contributed by atoms with van der Waals surface area (Å²) in [6, 6.07) is 0. The number of phosphoric acid groups is 1. The summed E-state index contributed by atoms with van der Waals surface area (Å²) in [4.78, 5) is 37.4. The maximum absolute atomic E-state index is 12.0. The molecule has 0 heterocycles. The minimum atomic E-state index is -4.21. The number of oxime groups is 1. The van der Waals surface area contributed by atoms with E-state index in [4.69, 9.17) is 4.52 Å². The van der Waals surface area contributed by atoms with Gasteiger partial charge >= 0.3 is 7.82 Å². The molecule has 0 rings (SSSR count). The zero-order chi connectivity index (χ0) is 20.4. The number of nitrogens with one attached hydrogen (secondary N) is 2. The Morgan fingerprint density at radius 3 is 2.42 bits per heavy atom. The quantitative estimate of drug-likeness (QED) is 0.200. The van der Waals surface area contributed by atoms with Crippen molar-refractivity contribution in [2.24, 2.45) is 10.6 Å². The van der Waals surface area contributed by atoms with Gasteiger partial charge in [0.05, 0.1) is 18.9 Å². The maximum atomic E-state index is 12.0. The number of carbonyl (C=O) groups excluding carboxylic acids is 2. The average molecular weight is 397 g/mol. The van der Waals surface area contributed by atoms with Crippen LogP contribution in [0.1, 0.15) is 27.2 Å². The molecule has 0 radical (unpaired) electrons. The number of hydrogen-bond donors (Lipinski definition) is 4. The van der Waals surface area contributed by atoms with Crippen LogP contribution in [-0.2, 0) is 28.0 Å². The van der Waals surface area contributed by atoms with Crippen LogP contribution in [-0.4, -0.2) is 67.5 Å². The van der Waals surface area contributed by atoms with Gasteiger partial charge in [-0.15, -0.1) is 0 Å². The fourth-order valence-electron chi connectivity index (χ4n) is 1.63. The fraction of sp³-hybridized carbons (Fsp3) is 0.786. The lowest BCUT2D eigenvalue weighted by Gasteiger charge is -2.29. The van der Waals surface area contributed by atoms with E-state index >= 15 is 0 Å². The summed E-state index contributed by atoms with van der Waals surface area (Å²) < 4.78 is 20.2. The smallest absolute Gasteiger partial charge is 0.399 e. The molecule has 0 saturated heterocycles. The molecule has 26 heavy (non-hydrogen) atoms. The van der Waals surface area contributed by atoms with Crippen LogP contribution in [0.15, 0.2) is 5.16 Å². The highest BCUT2D eigenvalue weighted by Gasteiger charge is 2.36. The van der Waals surface area contributed by atoms with E-state index < -0.39 is 25.2 Å². The van der Waals surface area contributed by atoms with E-state index in [0.717, 1.165) is 7.11 Å². The van der Waals surface area contributed by atoms with Gasteiger partial charge in [-0.3, -0.25) is 18.6 Å². The third-order valence-electron chi connectivity index (χ3n) is 3.26. The van der Waals surface area contributed by atoms with Crippen molar-refractivity contribution in [2.75, 3.05) is 33.9 Å². The number of hydrogen-bond acceptors (Lipinski definition) is 8. The molecular formula is C14H28N3O8P. The van der Waals surface area contributed by atoms with Gasteiger partial charge < -0.3 is 25.5 Å². The first kappa shape index (κ1) is 24.5. The zero-order valence-corrected chi connectivity index (χ0v) is 16.5. The standard InChI is InChI=1S/C14H28N3O8P/c1-10(17-23-4)8-16-11(18)6-7-15-13(20)12(19)14(2,3)9-25-26(21,22)24-5/h12,19H,6-9H2,1-5H3,(H,15,20)(H,16,18)(H,21,22)/b17-10+. The summed E-state index contributed by atoms with van der Waals surface area (Å²) in [6.45, 7) is 4.49. The number of rotatable bonds is 12. The van der Waals surface area contributed by atoms with Crippen LogP contribution >= 0.6 is 7.82 Å². The third-order valence-corrected chi connectivity index (χ3v) is 4.18. The number of phosphoric ester groups is 1. The van der Waals surface area contributed by atoms with Gasteiger partial charge in [0.25, 0.3) is 0 Å². The molecule has 0 spiro atoms.